The van der Waals surface area contributed by atoms with Gasteiger partial charge in [0.25, 0.3) is 0 Å². The van der Waals surface area contributed by atoms with Gasteiger partial charge in [0.05, 0.1) is 6.10 Å². The number of methoxy groups -OCH3 is 1. The molecule has 0 fully saturated rings. The van der Waals surface area contributed by atoms with Crippen LogP contribution < -0.4 is 11.2 Å². The Morgan fingerprint density at radius 1 is 1.91 bits per heavy atom. The zero-order chi connectivity index (χ0) is 8.69. The molecule has 0 bridgehead atoms. The van der Waals surface area contributed by atoms with Crippen molar-refractivity contribution in [1.82, 2.24) is 5.43 Å². The molecule has 0 spiro atoms. The molecule has 0 aliphatic carbocycles. The number of nitrogens with one attached hydrogen (secondary N) is 1. The second-order valence-corrected chi connectivity index (χ2v) is 2.51. The van der Waals surface area contributed by atoms with Crippen LogP contribution in [0, 0.1) is 0 Å². The normalized spacial score (nSPS) is 13.3. The molecule has 0 saturated carbocycles. The van der Waals surface area contributed by atoms with Gasteiger partial charge in [-0.3, -0.25) is 5.43 Å². The van der Waals surface area contributed by atoms with Gasteiger partial charge < -0.3 is 10.5 Å². The minimum Gasteiger partial charge on any atom is -0.381 e. The minimum absolute atomic E-state index is 0.173. The maximum absolute atomic E-state index is 5.12. The number of hydrogen-bond acceptors (Lipinski definition) is 3. The summed E-state index contributed by atoms with van der Waals surface area (Å²) in [6, 6.07) is 0. The van der Waals surface area contributed by atoms with E-state index >= 15 is 0 Å². The summed E-state index contributed by atoms with van der Waals surface area (Å²) in [4.78, 5) is 0. The molecule has 0 heterocycles. The molecule has 0 aromatic rings. The Labute approximate surface area is 71.8 Å². The predicted octanol–water partition coefficient (Wildman–Crippen LogP) is 0.230. The van der Waals surface area contributed by atoms with Crippen molar-refractivity contribution in [1.29, 1.82) is 0 Å². The molecule has 0 radical (unpaired) electrons. The van der Waals surface area contributed by atoms with E-state index in [1.807, 2.05) is 6.92 Å². The van der Waals surface area contributed by atoms with Crippen LogP contribution in [0.3, 0.4) is 0 Å². The first kappa shape index (κ1) is 10.3. The third-order valence-corrected chi connectivity index (χ3v) is 1.20. The Morgan fingerprint density at radius 2 is 2.55 bits per heavy atom. The predicted molar refractivity (Wildman–Crippen MR) is 49.5 cm³/mol. The van der Waals surface area contributed by atoms with Crippen LogP contribution in [0.5, 0.6) is 0 Å². The molecule has 3 N–H and O–H groups in total. The minimum atomic E-state index is 0.173. The smallest absolute Gasteiger partial charge is 0.184 e. The number of ether oxygens (including phenoxy) is 1. The second kappa shape index (κ2) is 6.06. The lowest BCUT2D eigenvalue weighted by atomic mass is 10.3. The summed E-state index contributed by atoms with van der Waals surface area (Å²) in [5.41, 5.74) is 7.57. The molecule has 0 saturated heterocycles. The number of nitrogens with two attached hydrogens (primary N) is 1. The van der Waals surface area contributed by atoms with Gasteiger partial charge in [-0.2, -0.15) is 5.10 Å². The molecule has 0 rings (SSSR count). The first-order valence-electron chi connectivity index (χ1n) is 3.26. The summed E-state index contributed by atoms with van der Waals surface area (Å²) in [6.07, 6.45) is 2.59. The van der Waals surface area contributed by atoms with E-state index in [1.54, 1.807) is 13.3 Å². The van der Waals surface area contributed by atoms with E-state index in [0.29, 0.717) is 0 Å². The SMILES string of the molecule is CO[C@@H](C)C/C=N/NC(N)=S. The fraction of sp³-hybridized carbons (Fsp3) is 0.667. The third kappa shape index (κ3) is 7.21. The maximum atomic E-state index is 5.12. The van der Waals surface area contributed by atoms with Crippen molar-refractivity contribution in [3.63, 3.8) is 0 Å². The summed E-state index contributed by atoms with van der Waals surface area (Å²) in [6.45, 7) is 1.95. The zero-order valence-electron chi connectivity index (χ0n) is 6.70. The van der Waals surface area contributed by atoms with Gasteiger partial charge in [-0.25, -0.2) is 0 Å². The van der Waals surface area contributed by atoms with E-state index in [0.717, 1.165) is 6.42 Å². The quantitative estimate of drug-likeness (QED) is 0.365. The van der Waals surface area contributed by atoms with Crippen molar-refractivity contribution >= 4 is 23.5 Å². The van der Waals surface area contributed by atoms with Crippen LogP contribution in [0.25, 0.3) is 0 Å². The molecule has 5 heteroatoms. The molecule has 0 aliphatic heterocycles. The van der Waals surface area contributed by atoms with E-state index in [-0.39, 0.29) is 11.2 Å². The molecule has 11 heavy (non-hydrogen) atoms. The summed E-state index contributed by atoms with van der Waals surface area (Å²) < 4.78 is 4.97. The number of thiocarbonyl (C=S) groups is 1. The zero-order valence-corrected chi connectivity index (χ0v) is 7.52. The van der Waals surface area contributed by atoms with Gasteiger partial charge in [-0.05, 0) is 19.1 Å². The maximum Gasteiger partial charge on any atom is 0.184 e. The number of hydrazone groups is 1. The number of hydrogen-bond donors (Lipinski definition) is 2. The van der Waals surface area contributed by atoms with Crippen molar-refractivity contribution < 1.29 is 4.74 Å². The van der Waals surface area contributed by atoms with E-state index in [1.165, 1.54) is 0 Å². The molecular weight excluding hydrogens is 162 g/mol. The Kier molecular flexibility index (Phi) is 5.68. The fourth-order valence-corrected chi connectivity index (χ4v) is 0.459. The van der Waals surface area contributed by atoms with Crippen LogP contribution in [0.2, 0.25) is 0 Å². The van der Waals surface area contributed by atoms with E-state index in [4.69, 9.17) is 10.5 Å². The molecular formula is C6H13N3OS. The van der Waals surface area contributed by atoms with Crippen molar-refractivity contribution in [2.75, 3.05) is 7.11 Å². The molecule has 0 aliphatic rings. The lowest BCUT2D eigenvalue weighted by Crippen LogP contribution is -2.24. The van der Waals surface area contributed by atoms with Gasteiger partial charge in [0.15, 0.2) is 5.11 Å². The van der Waals surface area contributed by atoms with Gasteiger partial charge >= 0.3 is 0 Å². The van der Waals surface area contributed by atoms with Crippen molar-refractivity contribution in [2.45, 2.75) is 19.4 Å². The highest BCUT2D eigenvalue weighted by Gasteiger charge is 1.93. The topological polar surface area (TPSA) is 59.6 Å². The molecule has 1 atom stereocenters. The average Bonchev–Trinajstić information content (AvgIpc) is 1.97. The third-order valence-electron chi connectivity index (χ3n) is 1.11. The monoisotopic (exact) mass is 175 g/mol. The highest BCUT2D eigenvalue weighted by Crippen LogP contribution is 1.90. The van der Waals surface area contributed by atoms with Crippen LogP contribution in [-0.2, 0) is 4.74 Å². The molecule has 0 amide bonds. The summed E-state index contributed by atoms with van der Waals surface area (Å²) in [7, 11) is 1.65. The highest BCUT2D eigenvalue weighted by atomic mass is 32.1. The van der Waals surface area contributed by atoms with Gasteiger partial charge in [0.1, 0.15) is 0 Å². The molecule has 0 aromatic carbocycles. The summed E-state index contributed by atoms with van der Waals surface area (Å²) >= 11 is 4.52. The fourth-order valence-electron chi connectivity index (χ4n) is 0.407. The van der Waals surface area contributed by atoms with E-state index in [9.17, 15) is 0 Å². The van der Waals surface area contributed by atoms with Gasteiger partial charge in [-0.1, -0.05) is 0 Å². The average molecular weight is 175 g/mol. The summed E-state index contributed by atoms with van der Waals surface area (Å²) in [5.74, 6) is 0. The lowest BCUT2D eigenvalue weighted by molar-refractivity contribution is 0.125. The Balaban J connectivity index is 3.36. The van der Waals surface area contributed by atoms with Crippen LogP contribution in [0.15, 0.2) is 5.10 Å². The Hall–Kier alpha value is -0.680. The van der Waals surface area contributed by atoms with Crippen LogP contribution in [0.4, 0.5) is 0 Å². The first-order chi connectivity index (χ1) is 5.16. The molecule has 0 unspecified atom stereocenters. The van der Waals surface area contributed by atoms with Crippen molar-refractivity contribution in [3.05, 3.63) is 0 Å². The van der Waals surface area contributed by atoms with E-state index in [2.05, 4.69) is 22.7 Å². The molecule has 64 valence electrons. The van der Waals surface area contributed by atoms with Gasteiger partial charge in [0.2, 0.25) is 0 Å². The highest BCUT2D eigenvalue weighted by molar-refractivity contribution is 7.80. The summed E-state index contributed by atoms with van der Waals surface area (Å²) in [5, 5.41) is 3.91. The van der Waals surface area contributed by atoms with Crippen LogP contribution in [0.1, 0.15) is 13.3 Å². The van der Waals surface area contributed by atoms with Crippen LogP contribution >= 0.6 is 12.2 Å². The van der Waals surface area contributed by atoms with Crippen molar-refractivity contribution in [3.8, 4) is 0 Å². The number of rotatable bonds is 4. The molecule has 0 aromatic heterocycles. The van der Waals surface area contributed by atoms with Crippen molar-refractivity contribution in [2.24, 2.45) is 10.8 Å². The van der Waals surface area contributed by atoms with Crippen LogP contribution in [-0.4, -0.2) is 24.5 Å². The Bertz CT molecular complexity index is 149. The molecule has 4 nitrogen and oxygen atoms in total. The van der Waals surface area contributed by atoms with Gasteiger partial charge in [0, 0.05) is 19.7 Å². The lowest BCUT2D eigenvalue weighted by Gasteiger charge is -2.03. The first-order valence-corrected chi connectivity index (χ1v) is 3.67. The largest absolute Gasteiger partial charge is 0.381 e. The van der Waals surface area contributed by atoms with Gasteiger partial charge in [-0.15, -0.1) is 0 Å². The van der Waals surface area contributed by atoms with E-state index < -0.39 is 0 Å². The number of nitrogens with zero attached hydrogens (tertiary/aromatic N) is 1. The standard InChI is InChI=1S/C6H13N3OS/c1-5(10-2)3-4-8-9-6(7)11/h4-5H,3H2,1-2H3,(H3,7,9,11)/b8-4+/t5-/m0/s1. The Morgan fingerprint density at radius 3 is 3.00 bits per heavy atom. The second-order valence-electron chi connectivity index (χ2n) is 2.07.